The molecular weight excluding hydrogens is 463 g/mol. The Hall–Kier alpha value is -2.16. The van der Waals surface area contributed by atoms with Crippen molar-refractivity contribution in [3.63, 3.8) is 0 Å². The highest BCUT2D eigenvalue weighted by molar-refractivity contribution is 5.96. The molecule has 0 saturated heterocycles. The van der Waals surface area contributed by atoms with Crippen LogP contribution in [0.3, 0.4) is 0 Å². The van der Waals surface area contributed by atoms with Crippen LogP contribution in [0.1, 0.15) is 69.6 Å². The lowest BCUT2D eigenvalue weighted by Gasteiger charge is -2.31. The van der Waals surface area contributed by atoms with Crippen molar-refractivity contribution in [3.8, 4) is 0 Å². The van der Waals surface area contributed by atoms with Crippen molar-refractivity contribution in [1.82, 2.24) is 15.3 Å². The van der Waals surface area contributed by atoms with E-state index in [0.29, 0.717) is 11.3 Å². The summed E-state index contributed by atoms with van der Waals surface area (Å²) in [4.78, 5) is 26.3. The van der Waals surface area contributed by atoms with Gasteiger partial charge in [0.25, 0.3) is 5.91 Å². The molecule has 1 amide bonds. The fourth-order valence-corrected chi connectivity index (χ4v) is 3.73. The summed E-state index contributed by atoms with van der Waals surface area (Å²) in [6, 6.07) is 5.81. The molecule has 1 aromatic carbocycles. The second-order valence-corrected chi connectivity index (χ2v) is 9.22. The van der Waals surface area contributed by atoms with Crippen molar-refractivity contribution in [2.75, 3.05) is 5.32 Å². The third-order valence-electron chi connectivity index (χ3n) is 5.46. The first-order chi connectivity index (χ1) is 14.5. The number of amidine groups is 1. The van der Waals surface area contributed by atoms with E-state index in [1.165, 1.54) is 0 Å². The number of rotatable bonds is 6. The van der Waals surface area contributed by atoms with Crippen LogP contribution in [-0.4, -0.2) is 50.5 Å². The first-order valence-electron chi connectivity index (χ1n) is 11.0. The molecule has 5 N–H and O–H groups in total. The smallest absolute Gasteiger partial charge is 0.289 e. The van der Waals surface area contributed by atoms with Crippen LogP contribution in [-0.2, 0) is 0 Å². The van der Waals surface area contributed by atoms with Gasteiger partial charge in [-0.15, -0.1) is 24.8 Å². The first kappa shape index (κ1) is 28.9. The average Bonchev–Trinajstić information content (AvgIpc) is 2.68. The number of aliphatic imine (C=N–C) groups is 1. The Balaban J connectivity index is 0.00000272. The number of aromatic nitrogens is 2. The number of hydrogen-bond donors (Lipinski definition) is 4. The molecule has 1 aliphatic rings. The summed E-state index contributed by atoms with van der Waals surface area (Å²) in [5.41, 5.74) is 6.69. The number of nitrogens with two attached hydrogens (primary N) is 1. The topological polar surface area (TPSA) is 126 Å². The highest BCUT2D eigenvalue weighted by atomic mass is 35.5. The van der Waals surface area contributed by atoms with Crippen LogP contribution in [0.4, 0.5) is 5.82 Å². The van der Waals surface area contributed by atoms with Crippen molar-refractivity contribution in [1.29, 1.82) is 0 Å². The van der Waals surface area contributed by atoms with E-state index in [-0.39, 0.29) is 60.5 Å². The monoisotopic (exact) mass is 498 g/mol. The lowest BCUT2D eigenvalue weighted by molar-refractivity contribution is 0.0933. The van der Waals surface area contributed by atoms with Crippen LogP contribution in [0, 0.1) is 6.92 Å². The standard InChI is InChI=1S/C23H34N6O2.2ClH/c1-13(2)25-21(30)20-26-16-11-10-14(3)12-15(16)19(29-20)27-17-8-6-7-9-18(17)28-22(24)23(4,5)31;;/h10-13,17-18,31H,6-9H2,1-5H3,(H2,24,28)(H,25,30)(H,26,27,29);2*1H/t17-,18+;;/m0../s1. The maximum atomic E-state index is 12.6. The van der Waals surface area contributed by atoms with Crippen LogP contribution in [0.2, 0.25) is 0 Å². The molecule has 1 saturated carbocycles. The van der Waals surface area contributed by atoms with Gasteiger partial charge in [0.05, 0.1) is 11.6 Å². The predicted octanol–water partition coefficient (Wildman–Crippen LogP) is 3.77. The van der Waals surface area contributed by atoms with Crippen molar-refractivity contribution in [3.05, 3.63) is 29.6 Å². The maximum absolute atomic E-state index is 12.6. The summed E-state index contributed by atoms with van der Waals surface area (Å²) in [5.74, 6) is 0.688. The average molecular weight is 499 g/mol. The minimum Gasteiger partial charge on any atom is -0.385 e. The van der Waals surface area contributed by atoms with Gasteiger partial charge in [-0.2, -0.15) is 0 Å². The molecule has 1 aliphatic carbocycles. The predicted molar refractivity (Wildman–Crippen MR) is 139 cm³/mol. The number of amides is 1. The number of anilines is 1. The highest BCUT2D eigenvalue weighted by Crippen LogP contribution is 2.28. The molecule has 1 heterocycles. The number of nitrogens with zero attached hydrogens (tertiary/aromatic N) is 3. The Labute approximate surface area is 208 Å². The Morgan fingerprint density at radius 3 is 2.52 bits per heavy atom. The zero-order valence-corrected chi connectivity index (χ0v) is 21.5. The summed E-state index contributed by atoms with van der Waals surface area (Å²) in [6.45, 7) is 9.09. The van der Waals surface area contributed by atoms with E-state index in [1.54, 1.807) is 13.8 Å². The summed E-state index contributed by atoms with van der Waals surface area (Å²) >= 11 is 0. The molecule has 3 rings (SSSR count). The number of fused-ring (bicyclic) bond motifs is 1. The fourth-order valence-electron chi connectivity index (χ4n) is 3.73. The van der Waals surface area contributed by atoms with Crippen LogP contribution in [0.15, 0.2) is 23.2 Å². The van der Waals surface area contributed by atoms with Gasteiger partial charge in [0.15, 0.2) is 0 Å². The molecule has 10 heteroatoms. The number of aryl methyl sites for hydroxylation is 1. The number of carbonyl (C=O) groups excluding carboxylic acids is 1. The number of carbonyl (C=O) groups is 1. The molecule has 0 radical (unpaired) electrons. The molecular formula is C23H36Cl2N6O2. The quantitative estimate of drug-likeness (QED) is 0.354. The van der Waals surface area contributed by atoms with Gasteiger partial charge in [-0.05, 0) is 59.6 Å². The fraction of sp³-hybridized carbons (Fsp3) is 0.565. The Morgan fingerprint density at radius 2 is 1.88 bits per heavy atom. The molecule has 0 bridgehead atoms. The van der Waals surface area contributed by atoms with Gasteiger partial charge in [-0.1, -0.05) is 24.5 Å². The van der Waals surface area contributed by atoms with Gasteiger partial charge >= 0.3 is 0 Å². The maximum Gasteiger partial charge on any atom is 0.289 e. The zero-order chi connectivity index (χ0) is 22.8. The van der Waals surface area contributed by atoms with E-state index in [4.69, 9.17) is 5.73 Å². The van der Waals surface area contributed by atoms with Crippen molar-refractivity contribution in [2.24, 2.45) is 10.7 Å². The van der Waals surface area contributed by atoms with Gasteiger partial charge < -0.3 is 21.5 Å². The van der Waals surface area contributed by atoms with Gasteiger partial charge in [0.1, 0.15) is 17.3 Å². The zero-order valence-electron chi connectivity index (χ0n) is 19.9. The van der Waals surface area contributed by atoms with Crippen LogP contribution < -0.4 is 16.4 Å². The van der Waals surface area contributed by atoms with Gasteiger partial charge in [0.2, 0.25) is 5.82 Å². The summed E-state index contributed by atoms with van der Waals surface area (Å²) in [6.07, 6.45) is 3.89. The number of nitrogens with one attached hydrogen (secondary N) is 2. The molecule has 1 fully saturated rings. The molecule has 8 nitrogen and oxygen atoms in total. The SMILES string of the molecule is Cc1ccc2nc(C(=O)NC(C)C)nc(N[C@H]3CCCC[C@H]3N=C(N)C(C)(C)O)c2c1.Cl.Cl. The first-order valence-corrected chi connectivity index (χ1v) is 11.0. The lowest BCUT2D eigenvalue weighted by Crippen LogP contribution is -2.43. The van der Waals surface area contributed by atoms with Gasteiger partial charge in [0, 0.05) is 17.5 Å². The molecule has 0 spiro atoms. The van der Waals surface area contributed by atoms with Crippen LogP contribution in [0.5, 0.6) is 0 Å². The molecule has 33 heavy (non-hydrogen) atoms. The summed E-state index contributed by atoms with van der Waals surface area (Å²) < 4.78 is 0. The molecule has 2 atom stereocenters. The molecule has 184 valence electrons. The van der Waals surface area contributed by atoms with Crippen LogP contribution >= 0.6 is 24.8 Å². The van der Waals surface area contributed by atoms with E-state index in [2.05, 4.69) is 25.6 Å². The van der Waals surface area contributed by atoms with E-state index in [1.807, 2.05) is 39.0 Å². The van der Waals surface area contributed by atoms with Crippen molar-refractivity contribution >= 4 is 53.3 Å². The number of benzene rings is 1. The Kier molecular flexibility index (Phi) is 10.3. The van der Waals surface area contributed by atoms with E-state index >= 15 is 0 Å². The summed E-state index contributed by atoms with van der Waals surface area (Å²) in [5, 5.41) is 17.4. The van der Waals surface area contributed by atoms with Crippen molar-refractivity contribution < 1.29 is 9.90 Å². The highest BCUT2D eigenvalue weighted by Gasteiger charge is 2.28. The molecule has 2 aromatic rings. The third-order valence-corrected chi connectivity index (χ3v) is 5.46. The lowest BCUT2D eigenvalue weighted by atomic mass is 9.90. The Morgan fingerprint density at radius 1 is 1.21 bits per heavy atom. The van der Waals surface area contributed by atoms with E-state index < -0.39 is 5.60 Å². The van der Waals surface area contributed by atoms with Gasteiger partial charge in [-0.25, -0.2) is 9.97 Å². The molecule has 1 aromatic heterocycles. The Bertz CT molecular complexity index is 991. The number of hydrogen-bond acceptors (Lipinski definition) is 6. The second kappa shape index (κ2) is 11.8. The third kappa shape index (κ3) is 7.42. The molecule has 0 unspecified atom stereocenters. The van der Waals surface area contributed by atoms with Crippen molar-refractivity contribution in [2.45, 2.75) is 84.0 Å². The largest absolute Gasteiger partial charge is 0.385 e. The number of halogens is 2. The number of aliphatic hydroxyl groups is 1. The van der Waals surface area contributed by atoms with E-state index in [9.17, 15) is 9.90 Å². The minimum atomic E-state index is -1.16. The minimum absolute atomic E-state index is 0. The van der Waals surface area contributed by atoms with Gasteiger partial charge in [-0.3, -0.25) is 9.79 Å². The molecule has 0 aliphatic heterocycles. The summed E-state index contributed by atoms with van der Waals surface area (Å²) in [7, 11) is 0. The normalized spacial score (nSPS) is 18.9. The van der Waals surface area contributed by atoms with Crippen LogP contribution in [0.25, 0.3) is 10.9 Å². The van der Waals surface area contributed by atoms with E-state index in [0.717, 1.165) is 36.6 Å². The second-order valence-electron chi connectivity index (χ2n) is 9.22.